The fourth-order valence-electron chi connectivity index (χ4n) is 8.66. The number of carbonyl (C=O) groups excluding carboxylic acids is 1. The maximum atomic E-state index is 12.6. The van der Waals surface area contributed by atoms with Crippen molar-refractivity contribution in [3.05, 3.63) is 128 Å². The molecule has 0 radical (unpaired) electrons. The van der Waals surface area contributed by atoms with Gasteiger partial charge in [-0.1, -0.05) is 128 Å². The quantitative estimate of drug-likeness (QED) is 0.0252. The lowest BCUT2D eigenvalue weighted by atomic mass is 9.97. The van der Waals surface area contributed by atoms with Crippen molar-refractivity contribution in [3.8, 4) is 0 Å². The van der Waals surface area contributed by atoms with Crippen LogP contribution >= 0.6 is 15.6 Å². The van der Waals surface area contributed by atoms with E-state index >= 15 is 0 Å². The Hall–Kier alpha value is -3.29. The van der Waals surface area contributed by atoms with Crippen LogP contribution in [0, 0.1) is 0 Å². The van der Waals surface area contributed by atoms with Gasteiger partial charge in [0.1, 0.15) is 24.4 Å². The molecule has 1 aliphatic heterocycles. The largest absolute Gasteiger partial charge is 0.483 e. The van der Waals surface area contributed by atoms with Gasteiger partial charge in [-0.3, -0.25) is 13.8 Å². The minimum absolute atomic E-state index is 0.407. The topological polar surface area (TPSA) is 201 Å². The molecular weight excluding hydrogens is 1020 g/mol. The van der Waals surface area contributed by atoms with Gasteiger partial charge in [0.25, 0.3) is 0 Å². The Morgan fingerprint density at radius 1 is 0.449 bits per heavy atom. The summed E-state index contributed by atoms with van der Waals surface area (Å²) < 4.78 is 44.4. The van der Waals surface area contributed by atoms with Gasteiger partial charge in [-0.05, 0) is 212 Å². The second-order valence-electron chi connectivity index (χ2n) is 22.0. The van der Waals surface area contributed by atoms with Gasteiger partial charge in [0, 0.05) is 6.92 Å². The number of phosphoric ester groups is 2. The Bertz CT molecular complexity index is 2260. The molecule has 0 aromatic heterocycles. The fraction of sp³-hybridized carbons (Fsp3) is 0.635. The van der Waals surface area contributed by atoms with Crippen molar-refractivity contribution in [1.82, 2.24) is 5.32 Å². The minimum atomic E-state index is -5.42. The normalized spacial score (nSPS) is 21.6. The lowest BCUT2D eigenvalue weighted by Gasteiger charge is -2.42. The van der Waals surface area contributed by atoms with E-state index in [1.54, 1.807) is 6.08 Å². The van der Waals surface area contributed by atoms with Crippen LogP contribution in [-0.4, -0.2) is 74.9 Å². The number of amides is 1. The molecular formula is C63H105NO12P2. The molecule has 13 nitrogen and oxygen atoms in total. The van der Waals surface area contributed by atoms with E-state index in [0.717, 1.165) is 128 Å². The molecule has 0 spiro atoms. The molecule has 1 fully saturated rings. The number of phosphoric acid groups is 2. The Labute approximate surface area is 472 Å². The molecule has 0 saturated carbocycles. The summed E-state index contributed by atoms with van der Waals surface area (Å²) in [5, 5.41) is 32.1. The maximum Gasteiger partial charge on any atom is 0.483 e. The molecule has 2 unspecified atom stereocenters. The van der Waals surface area contributed by atoms with Crippen LogP contribution in [0.1, 0.15) is 218 Å². The summed E-state index contributed by atoms with van der Waals surface area (Å²) >= 11 is 0. The second-order valence-corrected chi connectivity index (χ2v) is 25.0. The first-order valence-electron chi connectivity index (χ1n) is 28.5. The van der Waals surface area contributed by atoms with Crippen LogP contribution < -0.4 is 5.32 Å². The number of aliphatic hydroxyl groups excluding tert-OH is 3. The highest BCUT2D eigenvalue weighted by molar-refractivity contribution is 7.61. The monoisotopic (exact) mass is 1130 g/mol. The first kappa shape index (κ1) is 72.7. The molecule has 0 aromatic rings. The van der Waals surface area contributed by atoms with Crippen LogP contribution in [0.2, 0.25) is 0 Å². The van der Waals surface area contributed by atoms with Gasteiger partial charge in [0.15, 0.2) is 6.29 Å². The minimum Gasteiger partial charge on any atom is -0.394 e. The van der Waals surface area contributed by atoms with Crippen molar-refractivity contribution < 1.29 is 57.1 Å². The highest BCUT2D eigenvalue weighted by atomic mass is 31.3. The zero-order valence-electron chi connectivity index (χ0n) is 50.3. The molecule has 1 heterocycles. The number of ether oxygens (including phenoxy) is 1. The number of allylic oxidation sites excluding steroid dienone is 21. The Morgan fingerprint density at radius 2 is 0.731 bits per heavy atom. The van der Waals surface area contributed by atoms with E-state index in [2.05, 4.69) is 147 Å². The Morgan fingerprint density at radius 3 is 1.00 bits per heavy atom. The molecule has 0 aliphatic carbocycles. The van der Waals surface area contributed by atoms with E-state index in [1.807, 2.05) is 6.92 Å². The lowest BCUT2D eigenvalue weighted by molar-refractivity contribution is -0.247. The van der Waals surface area contributed by atoms with E-state index in [0.29, 0.717) is 6.42 Å². The molecule has 78 heavy (non-hydrogen) atoms. The van der Waals surface area contributed by atoms with Crippen LogP contribution in [0.3, 0.4) is 0 Å². The Balaban J connectivity index is 2.33. The van der Waals surface area contributed by atoms with Gasteiger partial charge < -0.3 is 35.2 Å². The highest BCUT2D eigenvalue weighted by Gasteiger charge is 2.49. The number of hydrogen-bond acceptors (Lipinski definition) is 10. The standard InChI is InChI=1S/C63H105NO12P2/c1-47(2)24-14-25-48(3)26-15-27-49(4)28-16-29-50(5)30-17-31-51(6)32-18-33-52(7)34-19-35-53(8)36-20-37-54(9)38-21-39-55(10)40-22-41-56(11)42-23-43-57(12)44-45-73-77(69,70)76-78(71,72)75-63-60(64-58(13)66)62(68)61(67)59(46-65)74-63/h24,26,28,30,32,34,36,38,40,42,44,59-63,65,67-68H,14-23,25,27,29,31,33,35,37,39,41,43,45-46H2,1-13H3,(H,64,66)(H,69,70)(H,71,72)/b48-26+,49-28+,50-30+,51-32+,52-34+,53-36+,54-38+,55-40+,56-42+,57-44+/t59-,60-,61-,62-,63-/m1/s1. The summed E-state index contributed by atoms with van der Waals surface area (Å²) in [6.07, 6.45) is 39.6. The summed E-state index contributed by atoms with van der Waals surface area (Å²) in [5.74, 6) is -0.707. The molecule has 1 aliphatic rings. The summed E-state index contributed by atoms with van der Waals surface area (Å²) in [7, 11) is -10.6. The predicted octanol–water partition coefficient (Wildman–Crippen LogP) is 16.4. The van der Waals surface area contributed by atoms with Crippen molar-refractivity contribution in [2.24, 2.45) is 0 Å². The van der Waals surface area contributed by atoms with Crippen molar-refractivity contribution >= 4 is 21.6 Å². The molecule has 0 aromatic carbocycles. The molecule has 7 atom stereocenters. The molecule has 1 saturated heterocycles. The average molecular weight is 1130 g/mol. The molecule has 15 heteroatoms. The SMILES string of the molecule is CC(=O)N[C@H]1[C@@H](OP(=O)(O)OP(=O)(O)OC/C=C(\C)CC/C=C(\C)CC/C=C(\C)CC/C=C(\C)CC/C=C(\C)CC/C=C(\C)CC/C=C(\C)CC/C=C(\C)CC/C=C(\C)CC/C=C(\C)CCC=C(C)C)O[C@H](CO)[C@@H](O)[C@@H]1O. The second kappa shape index (κ2) is 40.8. The van der Waals surface area contributed by atoms with E-state index in [9.17, 15) is 39.0 Å². The smallest absolute Gasteiger partial charge is 0.394 e. The van der Waals surface area contributed by atoms with Crippen LogP contribution in [0.25, 0.3) is 0 Å². The summed E-state index contributed by atoms with van der Waals surface area (Å²) in [4.78, 5) is 31.9. The first-order valence-corrected chi connectivity index (χ1v) is 31.5. The number of carbonyl (C=O) groups is 1. The maximum absolute atomic E-state index is 12.6. The fourth-order valence-corrected chi connectivity index (χ4v) is 10.8. The molecule has 6 N–H and O–H groups in total. The van der Waals surface area contributed by atoms with Crippen LogP contribution in [0.5, 0.6) is 0 Å². The average Bonchev–Trinajstić information content (AvgIpc) is 3.33. The zero-order chi connectivity index (χ0) is 58.7. The van der Waals surface area contributed by atoms with Gasteiger partial charge in [-0.15, -0.1) is 0 Å². The predicted molar refractivity (Wildman–Crippen MR) is 322 cm³/mol. The van der Waals surface area contributed by atoms with E-state index in [1.165, 1.54) is 62.2 Å². The van der Waals surface area contributed by atoms with Gasteiger partial charge >= 0.3 is 15.6 Å². The number of aliphatic hydroxyl groups is 3. The molecule has 0 bridgehead atoms. The Kier molecular flexibility index (Phi) is 38.1. The van der Waals surface area contributed by atoms with Gasteiger partial charge in [0.05, 0.1) is 13.2 Å². The highest BCUT2D eigenvalue weighted by Crippen LogP contribution is 2.61. The molecule has 1 amide bonds. The summed E-state index contributed by atoms with van der Waals surface area (Å²) in [5.41, 5.74) is 15.3. The zero-order valence-corrected chi connectivity index (χ0v) is 52.1. The van der Waals surface area contributed by atoms with Crippen molar-refractivity contribution in [1.29, 1.82) is 0 Å². The number of rotatable bonds is 39. The lowest BCUT2D eigenvalue weighted by Crippen LogP contribution is -2.64. The third-order valence-electron chi connectivity index (χ3n) is 13.7. The molecule has 444 valence electrons. The van der Waals surface area contributed by atoms with Gasteiger partial charge in [-0.2, -0.15) is 4.31 Å². The summed E-state index contributed by atoms with van der Waals surface area (Å²) in [6.45, 7) is 26.2. The van der Waals surface area contributed by atoms with Crippen molar-refractivity contribution in [2.45, 2.75) is 249 Å². The number of hydrogen-bond donors (Lipinski definition) is 6. The van der Waals surface area contributed by atoms with Crippen LogP contribution in [0.15, 0.2) is 128 Å². The van der Waals surface area contributed by atoms with Crippen molar-refractivity contribution in [3.63, 3.8) is 0 Å². The van der Waals surface area contributed by atoms with E-state index in [4.69, 9.17) is 13.8 Å². The van der Waals surface area contributed by atoms with Gasteiger partial charge in [-0.25, -0.2) is 9.13 Å². The number of nitrogens with one attached hydrogen (secondary N) is 1. The van der Waals surface area contributed by atoms with E-state index in [-0.39, 0.29) is 0 Å². The van der Waals surface area contributed by atoms with Crippen molar-refractivity contribution in [2.75, 3.05) is 13.2 Å². The third-order valence-corrected chi connectivity index (χ3v) is 16.3. The molecule has 1 rings (SSSR count). The van der Waals surface area contributed by atoms with Crippen LogP contribution in [-0.2, 0) is 32.0 Å². The summed E-state index contributed by atoms with van der Waals surface area (Å²) in [6, 6.07) is -1.58. The van der Waals surface area contributed by atoms with Gasteiger partial charge in [0.2, 0.25) is 5.91 Å². The first-order chi connectivity index (χ1) is 36.7. The van der Waals surface area contributed by atoms with E-state index < -0.39 is 65.4 Å². The van der Waals surface area contributed by atoms with Crippen LogP contribution in [0.4, 0.5) is 0 Å². The third kappa shape index (κ3) is 36.9.